The van der Waals surface area contributed by atoms with Gasteiger partial charge in [0, 0.05) is 43.6 Å². The van der Waals surface area contributed by atoms with Gasteiger partial charge in [0.2, 0.25) is 0 Å². The van der Waals surface area contributed by atoms with E-state index in [1.54, 1.807) is 0 Å². The number of fused-ring (bicyclic) bond motifs is 14. The van der Waals surface area contributed by atoms with Crippen molar-refractivity contribution in [3.05, 3.63) is 139 Å². The highest BCUT2D eigenvalue weighted by Gasteiger charge is 2.35. The highest BCUT2D eigenvalue weighted by molar-refractivity contribution is 6.31. The van der Waals surface area contributed by atoms with Crippen molar-refractivity contribution in [1.82, 2.24) is 9.55 Å². The van der Waals surface area contributed by atoms with Gasteiger partial charge in [-0.05, 0) is 62.7 Å². The van der Waals surface area contributed by atoms with Crippen molar-refractivity contribution in [2.45, 2.75) is 19.3 Å². The van der Waals surface area contributed by atoms with E-state index in [9.17, 15) is 0 Å². The van der Waals surface area contributed by atoms with Crippen molar-refractivity contribution in [3.8, 4) is 16.8 Å². The molecular weight excluding hydrogens is 520 g/mol. The Morgan fingerprint density at radius 1 is 0.535 bits per heavy atom. The molecule has 43 heavy (non-hydrogen) atoms. The van der Waals surface area contributed by atoms with Gasteiger partial charge in [0.15, 0.2) is 0 Å². The van der Waals surface area contributed by atoms with Gasteiger partial charge < -0.3 is 9.55 Å². The summed E-state index contributed by atoms with van der Waals surface area (Å²) in [6, 6.07) is 47.2. The van der Waals surface area contributed by atoms with Crippen LogP contribution < -0.4 is 0 Å². The molecule has 0 saturated carbocycles. The molecule has 10 rings (SSSR count). The summed E-state index contributed by atoms with van der Waals surface area (Å²) >= 11 is 0. The molecule has 202 valence electrons. The second-order valence-corrected chi connectivity index (χ2v) is 12.6. The van der Waals surface area contributed by atoms with E-state index in [0.717, 1.165) is 0 Å². The minimum absolute atomic E-state index is 0.0612. The molecule has 2 heteroatoms. The van der Waals surface area contributed by atoms with E-state index < -0.39 is 0 Å². The van der Waals surface area contributed by atoms with Gasteiger partial charge in [-0.1, -0.05) is 117 Å². The zero-order valence-corrected chi connectivity index (χ0v) is 24.1. The summed E-state index contributed by atoms with van der Waals surface area (Å²) in [6.07, 6.45) is 0. The second-order valence-electron chi connectivity index (χ2n) is 12.6. The quantitative estimate of drug-likeness (QED) is 0.211. The van der Waals surface area contributed by atoms with Crippen LogP contribution >= 0.6 is 0 Å². The number of aromatic amines is 1. The molecule has 0 radical (unpaired) electrons. The van der Waals surface area contributed by atoms with Crippen molar-refractivity contribution in [2.75, 3.05) is 0 Å². The minimum atomic E-state index is -0.0612. The topological polar surface area (TPSA) is 20.7 Å². The zero-order chi connectivity index (χ0) is 28.4. The monoisotopic (exact) mass is 548 g/mol. The van der Waals surface area contributed by atoms with Crippen LogP contribution in [-0.4, -0.2) is 9.55 Å². The Bertz CT molecular complexity index is 2640. The van der Waals surface area contributed by atoms with E-state index in [1.165, 1.54) is 93.1 Å². The Hall–Kier alpha value is -5.34. The molecule has 1 aliphatic carbocycles. The molecule has 1 N–H and O–H groups in total. The van der Waals surface area contributed by atoms with Crippen molar-refractivity contribution in [1.29, 1.82) is 0 Å². The number of benzene rings is 7. The molecule has 0 saturated heterocycles. The molecule has 9 aromatic rings. The molecule has 0 unspecified atom stereocenters. The Labute approximate surface area is 248 Å². The molecule has 2 aromatic heterocycles. The van der Waals surface area contributed by atoms with Crippen LogP contribution in [-0.2, 0) is 5.41 Å². The molecule has 0 amide bonds. The number of hydrogen-bond acceptors (Lipinski definition) is 0. The zero-order valence-electron chi connectivity index (χ0n) is 24.1. The van der Waals surface area contributed by atoms with E-state index in [2.05, 4.69) is 151 Å². The van der Waals surface area contributed by atoms with Gasteiger partial charge in [-0.2, -0.15) is 0 Å². The summed E-state index contributed by atoms with van der Waals surface area (Å²) in [5.41, 5.74) is 11.5. The maximum atomic E-state index is 3.87. The van der Waals surface area contributed by atoms with Crippen LogP contribution in [0.3, 0.4) is 0 Å². The summed E-state index contributed by atoms with van der Waals surface area (Å²) in [5.74, 6) is 0. The number of nitrogens with zero attached hydrogens (tertiary/aromatic N) is 1. The van der Waals surface area contributed by atoms with Crippen molar-refractivity contribution >= 4 is 65.2 Å². The molecule has 0 fully saturated rings. The molecule has 0 bridgehead atoms. The first-order chi connectivity index (χ1) is 21.1. The third-order valence-electron chi connectivity index (χ3n) is 10.1. The average Bonchev–Trinajstić information content (AvgIpc) is 3.67. The van der Waals surface area contributed by atoms with Gasteiger partial charge in [0.1, 0.15) is 0 Å². The Morgan fingerprint density at radius 2 is 1.23 bits per heavy atom. The van der Waals surface area contributed by atoms with Crippen molar-refractivity contribution in [2.24, 2.45) is 0 Å². The molecule has 0 spiro atoms. The van der Waals surface area contributed by atoms with Crippen LogP contribution in [0, 0.1) is 0 Å². The normalized spacial score (nSPS) is 14.0. The lowest BCUT2D eigenvalue weighted by Crippen LogP contribution is -2.15. The summed E-state index contributed by atoms with van der Waals surface area (Å²) in [4.78, 5) is 3.87. The fourth-order valence-electron chi connectivity index (χ4n) is 8.11. The summed E-state index contributed by atoms with van der Waals surface area (Å²) < 4.78 is 2.51. The van der Waals surface area contributed by atoms with Crippen molar-refractivity contribution < 1.29 is 0 Å². The van der Waals surface area contributed by atoms with E-state index in [1.807, 2.05) is 0 Å². The van der Waals surface area contributed by atoms with Crippen LogP contribution in [0.25, 0.3) is 82.0 Å². The number of nitrogens with one attached hydrogen (secondary N) is 1. The Morgan fingerprint density at radius 3 is 2.12 bits per heavy atom. The lowest BCUT2D eigenvalue weighted by Gasteiger charge is -2.22. The predicted molar refractivity (Wildman–Crippen MR) is 183 cm³/mol. The van der Waals surface area contributed by atoms with Gasteiger partial charge in [0.25, 0.3) is 0 Å². The van der Waals surface area contributed by atoms with E-state index in [4.69, 9.17) is 0 Å². The second kappa shape index (κ2) is 7.93. The van der Waals surface area contributed by atoms with Crippen molar-refractivity contribution in [3.63, 3.8) is 0 Å². The molecule has 1 aliphatic rings. The molecule has 0 atom stereocenters. The summed E-state index contributed by atoms with van der Waals surface area (Å²) in [7, 11) is 0. The Balaban J connectivity index is 1.37. The SMILES string of the molecule is CC1(C)c2ccccc2-c2ccc(-n3c4ccc5c([nH]c6ccc7ccccc7c65)c4c4ccc5ccccc5c43)cc21. The van der Waals surface area contributed by atoms with Gasteiger partial charge >= 0.3 is 0 Å². The van der Waals surface area contributed by atoms with E-state index in [-0.39, 0.29) is 5.41 Å². The maximum absolute atomic E-state index is 3.87. The molecule has 0 aliphatic heterocycles. The molecule has 2 heterocycles. The van der Waals surface area contributed by atoms with E-state index in [0.29, 0.717) is 0 Å². The lowest BCUT2D eigenvalue weighted by atomic mass is 9.82. The fourth-order valence-corrected chi connectivity index (χ4v) is 8.11. The molecule has 7 aromatic carbocycles. The summed E-state index contributed by atoms with van der Waals surface area (Å²) in [5, 5.41) is 10.2. The summed E-state index contributed by atoms with van der Waals surface area (Å²) in [6.45, 7) is 4.72. The lowest BCUT2D eigenvalue weighted by molar-refractivity contribution is 0.660. The highest BCUT2D eigenvalue weighted by Crippen LogP contribution is 2.50. The third-order valence-corrected chi connectivity index (χ3v) is 10.1. The van der Waals surface area contributed by atoms with Crippen LogP contribution in [0.1, 0.15) is 25.0 Å². The minimum Gasteiger partial charge on any atom is -0.354 e. The number of aromatic nitrogens is 2. The average molecular weight is 549 g/mol. The van der Waals surface area contributed by atoms with Crippen LogP contribution in [0.5, 0.6) is 0 Å². The first kappa shape index (κ1) is 23.2. The largest absolute Gasteiger partial charge is 0.354 e. The number of hydrogen-bond donors (Lipinski definition) is 1. The smallest absolute Gasteiger partial charge is 0.0620 e. The van der Waals surface area contributed by atoms with Gasteiger partial charge in [-0.15, -0.1) is 0 Å². The Kier molecular flexibility index (Phi) is 4.29. The first-order valence-corrected chi connectivity index (χ1v) is 15.1. The highest BCUT2D eigenvalue weighted by atomic mass is 15.0. The third kappa shape index (κ3) is 2.88. The standard InChI is InChI=1S/C41H28N2/c1-41(2)33-14-8-7-13-29(33)30-19-17-26(23-34(30)41)43-36-22-20-31-37-27-11-5-3-9-24(27)16-21-35(37)42-39(31)38(36)32-18-15-25-10-4-6-12-28(25)40(32)43/h3-23,42H,1-2H3. The van der Waals surface area contributed by atoms with Crippen LogP contribution in [0.4, 0.5) is 0 Å². The van der Waals surface area contributed by atoms with E-state index >= 15 is 0 Å². The predicted octanol–water partition coefficient (Wildman–Crippen LogP) is 11.0. The first-order valence-electron chi connectivity index (χ1n) is 15.1. The number of H-pyrrole nitrogens is 1. The molecular formula is C41H28N2. The number of rotatable bonds is 1. The van der Waals surface area contributed by atoms with Gasteiger partial charge in [-0.3, -0.25) is 0 Å². The molecule has 2 nitrogen and oxygen atoms in total. The maximum Gasteiger partial charge on any atom is 0.0620 e. The van der Waals surface area contributed by atoms with Gasteiger partial charge in [0.05, 0.1) is 16.6 Å². The van der Waals surface area contributed by atoms with Gasteiger partial charge in [-0.25, -0.2) is 0 Å². The van der Waals surface area contributed by atoms with Crippen LogP contribution in [0.2, 0.25) is 0 Å². The fraction of sp³-hybridized carbons (Fsp3) is 0.0732. The van der Waals surface area contributed by atoms with Crippen LogP contribution in [0.15, 0.2) is 127 Å².